The van der Waals surface area contributed by atoms with Crippen LogP contribution < -0.4 is 11.3 Å². The molecule has 0 radical (unpaired) electrons. The fourth-order valence-corrected chi connectivity index (χ4v) is 3.18. The van der Waals surface area contributed by atoms with Gasteiger partial charge in [0, 0.05) is 29.1 Å². The molecule has 0 saturated carbocycles. The third-order valence-electron chi connectivity index (χ3n) is 2.90. The highest BCUT2D eigenvalue weighted by Crippen LogP contribution is 2.24. The number of amides is 1. The number of hydrazine groups is 1. The molecular formula is C12H16ClN3OS. The number of carbonyl (C=O) groups excluding carboxylic acids is 1. The zero-order valence-corrected chi connectivity index (χ0v) is 11.7. The maximum Gasteiger partial charge on any atom is 0.256 e. The number of nitrogens with one attached hydrogen (secondary N) is 1. The van der Waals surface area contributed by atoms with Gasteiger partial charge in [0.05, 0.1) is 11.3 Å². The summed E-state index contributed by atoms with van der Waals surface area (Å²) in [5, 5.41) is 1.01. The Morgan fingerprint density at radius 1 is 1.61 bits per heavy atom. The molecule has 1 aliphatic rings. The van der Waals surface area contributed by atoms with Gasteiger partial charge in [0.25, 0.3) is 5.91 Å². The van der Waals surface area contributed by atoms with Gasteiger partial charge < -0.3 is 10.3 Å². The van der Waals surface area contributed by atoms with Gasteiger partial charge in [0.2, 0.25) is 0 Å². The van der Waals surface area contributed by atoms with Crippen LogP contribution in [0.3, 0.4) is 0 Å². The molecule has 0 spiro atoms. The second-order valence-corrected chi connectivity index (χ2v) is 6.25. The maximum atomic E-state index is 12.4. The molecule has 0 bridgehead atoms. The average Bonchev–Trinajstić information content (AvgIpc) is 2.38. The number of anilines is 1. The number of benzene rings is 1. The van der Waals surface area contributed by atoms with Gasteiger partial charge in [0.15, 0.2) is 0 Å². The van der Waals surface area contributed by atoms with Crippen LogP contribution in [0.25, 0.3) is 0 Å². The number of nitrogens with zero attached hydrogens (tertiary/aromatic N) is 1. The predicted octanol–water partition coefficient (Wildman–Crippen LogP) is 2.20. The Balaban J connectivity index is 2.24. The van der Waals surface area contributed by atoms with E-state index in [2.05, 4.69) is 12.3 Å². The molecule has 18 heavy (non-hydrogen) atoms. The number of rotatable bonds is 2. The van der Waals surface area contributed by atoms with Crippen molar-refractivity contribution < 1.29 is 4.79 Å². The Hall–Kier alpha value is -0.910. The van der Waals surface area contributed by atoms with Crippen LogP contribution in [-0.4, -0.2) is 34.9 Å². The van der Waals surface area contributed by atoms with E-state index in [0.29, 0.717) is 21.5 Å². The predicted molar refractivity (Wildman–Crippen MR) is 77.1 cm³/mol. The van der Waals surface area contributed by atoms with Crippen LogP contribution in [-0.2, 0) is 0 Å². The maximum absolute atomic E-state index is 12.4. The molecule has 3 N–H and O–H groups in total. The summed E-state index contributed by atoms with van der Waals surface area (Å²) >= 11 is 7.83. The number of thioether (sulfide) groups is 1. The van der Waals surface area contributed by atoms with Crippen molar-refractivity contribution >= 4 is 35.0 Å². The summed E-state index contributed by atoms with van der Waals surface area (Å²) in [6.45, 7) is 3.66. The first kappa shape index (κ1) is 13.5. The lowest BCUT2D eigenvalue weighted by atomic mass is 10.1. The van der Waals surface area contributed by atoms with Crippen molar-refractivity contribution in [2.45, 2.75) is 12.2 Å². The van der Waals surface area contributed by atoms with Gasteiger partial charge in [-0.1, -0.05) is 18.5 Å². The second-order valence-electron chi connectivity index (χ2n) is 4.27. The minimum Gasteiger partial charge on any atom is -0.337 e. The van der Waals surface area contributed by atoms with E-state index >= 15 is 0 Å². The monoisotopic (exact) mass is 285 g/mol. The van der Waals surface area contributed by atoms with Gasteiger partial charge >= 0.3 is 0 Å². The lowest BCUT2D eigenvalue weighted by Gasteiger charge is -2.31. The van der Waals surface area contributed by atoms with E-state index in [4.69, 9.17) is 17.4 Å². The topological polar surface area (TPSA) is 58.4 Å². The van der Waals surface area contributed by atoms with E-state index in [1.165, 1.54) is 0 Å². The number of hydrogen-bond acceptors (Lipinski definition) is 4. The highest BCUT2D eigenvalue weighted by molar-refractivity contribution is 7.99. The lowest BCUT2D eigenvalue weighted by Crippen LogP contribution is -2.41. The average molecular weight is 286 g/mol. The summed E-state index contributed by atoms with van der Waals surface area (Å²) in [6.07, 6.45) is 0. The van der Waals surface area contributed by atoms with E-state index in [0.717, 1.165) is 18.8 Å². The molecule has 1 atom stereocenters. The van der Waals surface area contributed by atoms with E-state index < -0.39 is 0 Å². The zero-order valence-electron chi connectivity index (χ0n) is 10.1. The van der Waals surface area contributed by atoms with Crippen LogP contribution in [0.1, 0.15) is 17.3 Å². The van der Waals surface area contributed by atoms with Gasteiger partial charge in [-0.05, 0) is 18.2 Å². The molecule has 1 aliphatic heterocycles. The Morgan fingerprint density at radius 2 is 2.39 bits per heavy atom. The van der Waals surface area contributed by atoms with Crippen LogP contribution in [0.2, 0.25) is 5.02 Å². The summed E-state index contributed by atoms with van der Waals surface area (Å²) in [7, 11) is 0. The SMILES string of the molecule is CC1CN(C(=O)c2cc(Cl)ccc2NN)CCS1. The van der Waals surface area contributed by atoms with Crippen molar-refractivity contribution in [3.05, 3.63) is 28.8 Å². The van der Waals surface area contributed by atoms with Crippen molar-refractivity contribution in [1.82, 2.24) is 4.90 Å². The molecule has 1 saturated heterocycles. The first-order valence-corrected chi connectivity index (χ1v) is 7.21. The van der Waals surface area contributed by atoms with E-state index in [1.54, 1.807) is 18.2 Å². The molecule has 1 heterocycles. The van der Waals surface area contributed by atoms with Crippen molar-refractivity contribution in [1.29, 1.82) is 0 Å². The molecule has 1 aromatic rings. The molecule has 6 heteroatoms. The number of carbonyl (C=O) groups is 1. The largest absolute Gasteiger partial charge is 0.337 e. The highest BCUT2D eigenvalue weighted by atomic mass is 35.5. The van der Waals surface area contributed by atoms with Crippen LogP contribution in [0, 0.1) is 0 Å². The van der Waals surface area contributed by atoms with Crippen molar-refractivity contribution in [2.75, 3.05) is 24.3 Å². The van der Waals surface area contributed by atoms with E-state index in [9.17, 15) is 4.79 Å². The standard InChI is InChI=1S/C12H16ClN3OS/c1-8-7-16(4-5-18-8)12(17)10-6-9(13)2-3-11(10)15-14/h2-3,6,8,15H,4-5,7,14H2,1H3. The fraction of sp³-hybridized carbons (Fsp3) is 0.417. The Bertz CT molecular complexity index is 455. The van der Waals surface area contributed by atoms with Crippen LogP contribution in [0.15, 0.2) is 18.2 Å². The third-order valence-corrected chi connectivity index (χ3v) is 4.27. The van der Waals surface area contributed by atoms with Gasteiger partial charge in [-0.25, -0.2) is 0 Å². The molecular weight excluding hydrogens is 270 g/mol. The Labute approximate surface area is 116 Å². The minimum atomic E-state index is -0.0161. The van der Waals surface area contributed by atoms with Crippen LogP contribution in [0.4, 0.5) is 5.69 Å². The number of halogens is 1. The van der Waals surface area contributed by atoms with Crippen LogP contribution in [0.5, 0.6) is 0 Å². The third kappa shape index (κ3) is 2.91. The van der Waals surface area contributed by atoms with Crippen molar-refractivity contribution in [2.24, 2.45) is 5.84 Å². The number of nitrogens with two attached hydrogens (primary N) is 1. The number of nitrogen functional groups attached to an aromatic ring is 1. The van der Waals surface area contributed by atoms with Gasteiger partial charge in [0.1, 0.15) is 0 Å². The summed E-state index contributed by atoms with van der Waals surface area (Å²) in [5.41, 5.74) is 3.68. The molecule has 1 aromatic carbocycles. The first-order valence-electron chi connectivity index (χ1n) is 5.79. The summed E-state index contributed by atoms with van der Waals surface area (Å²) in [6, 6.07) is 5.09. The summed E-state index contributed by atoms with van der Waals surface area (Å²) in [5.74, 6) is 6.38. The quantitative estimate of drug-likeness (QED) is 0.646. The van der Waals surface area contributed by atoms with E-state index in [1.807, 2.05) is 16.7 Å². The van der Waals surface area contributed by atoms with Crippen molar-refractivity contribution in [3.63, 3.8) is 0 Å². The normalized spacial score (nSPS) is 19.7. The van der Waals surface area contributed by atoms with Gasteiger partial charge in [-0.15, -0.1) is 0 Å². The Morgan fingerprint density at radius 3 is 3.06 bits per heavy atom. The lowest BCUT2D eigenvalue weighted by molar-refractivity contribution is 0.0764. The van der Waals surface area contributed by atoms with Crippen LogP contribution >= 0.6 is 23.4 Å². The Kier molecular flexibility index (Phi) is 4.37. The number of hydrogen-bond donors (Lipinski definition) is 2. The molecule has 1 unspecified atom stereocenters. The summed E-state index contributed by atoms with van der Waals surface area (Å²) in [4.78, 5) is 14.3. The molecule has 2 rings (SSSR count). The molecule has 0 aromatic heterocycles. The molecule has 1 amide bonds. The smallest absolute Gasteiger partial charge is 0.256 e. The van der Waals surface area contributed by atoms with Crippen molar-refractivity contribution in [3.8, 4) is 0 Å². The highest BCUT2D eigenvalue weighted by Gasteiger charge is 2.24. The summed E-state index contributed by atoms with van der Waals surface area (Å²) < 4.78 is 0. The minimum absolute atomic E-state index is 0.0161. The van der Waals surface area contributed by atoms with E-state index in [-0.39, 0.29) is 5.91 Å². The molecule has 4 nitrogen and oxygen atoms in total. The fourth-order valence-electron chi connectivity index (χ4n) is 1.99. The van der Waals surface area contributed by atoms with Gasteiger partial charge in [-0.2, -0.15) is 11.8 Å². The second kappa shape index (κ2) is 5.82. The molecule has 0 aliphatic carbocycles. The molecule has 98 valence electrons. The van der Waals surface area contributed by atoms with Gasteiger partial charge in [-0.3, -0.25) is 10.6 Å². The zero-order chi connectivity index (χ0) is 13.1. The molecule has 1 fully saturated rings. The first-order chi connectivity index (χ1) is 8.61.